The molecule has 0 aliphatic carbocycles. The van der Waals surface area contributed by atoms with Crippen molar-refractivity contribution < 1.29 is 14.3 Å². The van der Waals surface area contributed by atoms with Gasteiger partial charge in [0.25, 0.3) is 0 Å². The predicted octanol–water partition coefficient (Wildman–Crippen LogP) is 3.98. The van der Waals surface area contributed by atoms with Gasteiger partial charge in [0.05, 0.1) is 18.4 Å². The first kappa shape index (κ1) is 18.0. The number of benzene rings is 2. The van der Waals surface area contributed by atoms with Crippen molar-refractivity contribution in [3.8, 4) is 0 Å². The van der Waals surface area contributed by atoms with Gasteiger partial charge in [-0.05, 0) is 42.8 Å². The van der Waals surface area contributed by atoms with E-state index in [9.17, 15) is 9.59 Å². The number of esters is 1. The fourth-order valence-corrected chi connectivity index (χ4v) is 2.70. The number of halogens is 1. The normalized spacial score (nSPS) is 10.1. The third-order valence-electron chi connectivity index (χ3n) is 3.46. The van der Waals surface area contributed by atoms with E-state index in [0.29, 0.717) is 17.8 Å². The first-order valence-electron chi connectivity index (χ1n) is 7.48. The summed E-state index contributed by atoms with van der Waals surface area (Å²) in [5, 5.41) is 5.98. The van der Waals surface area contributed by atoms with Gasteiger partial charge in [0, 0.05) is 23.1 Å². The number of methoxy groups -OCH3 is 1. The molecule has 2 rings (SSSR count). The predicted molar refractivity (Wildman–Crippen MR) is 98.4 cm³/mol. The molecular weight excluding hydrogens is 372 g/mol. The largest absolute Gasteiger partial charge is 0.465 e. The molecule has 126 valence electrons. The molecule has 6 heteroatoms. The number of carbonyl (C=O) groups is 2. The Morgan fingerprint density at radius 1 is 1.12 bits per heavy atom. The molecular formula is C18H19BrN2O3. The van der Waals surface area contributed by atoms with Crippen molar-refractivity contribution in [2.45, 2.75) is 13.3 Å². The average Bonchev–Trinajstić information content (AvgIpc) is 2.56. The van der Waals surface area contributed by atoms with Crippen LogP contribution in [0.1, 0.15) is 22.3 Å². The van der Waals surface area contributed by atoms with Crippen LogP contribution in [0, 0.1) is 6.92 Å². The Morgan fingerprint density at radius 2 is 1.88 bits per heavy atom. The molecule has 0 spiro atoms. The lowest BCUT2D eigenvalue weighted by Crippen LogP contribution is -2.18. The first-order valence-corrected chi connectivity index (χ1v) is 8.28. The fraction of sp³-hybridized carbons (Fsp3) is 0.222. The van der Waals surface area contributed by atoms with Gasteiger partial charge in [0.1, 0.15) is 0 Å². The highest BCUT2D eigenvalue weighted by atomic mass is 79.9. The zero-order valence-electron chi connectivity index (χ0n) is 13.6. The Bertz CT molecular complexity index is 747. The maximum absolute atomic E-state index is 12.1. The number of aryl methyl sites for hydroxylation is 1. The van der Waals surface area contributed by atoms with Crippen molar-refractivity contribution in [3.05, 3.63) is 58.1 Å². The molecule has 0 radical (unpaired) electrons. The van der Waals surface area contributed by atoms with E-state index in [1.165, 1.54) is 7.11 Å². The molecule has 0 atom stereocenters. The van der Waals surface area contributed by atoms with Crippen LogP contribution in [0.25, 0.3) is 0 Å². The molecule has 0 aromatic heterocycles. The van der Waals surface area contributed by atoms with Gasteiger partial charge < -0.3 is 15.4 Å². The molecule has 0 aliphatic rings. The van der Waals surface area contributed by atoms with Gasteiger partial charge in [-0.3, -0.25) is 4.79 Å². The third kappa shape index (κ3) is 4.83. The Labute approximate surface area is 149 Å². The van der Waals surface area contributed by atoms with Crippen molar-refractivity contribution in [2.75, 3.05) is 24.3 Å². The second kappa shape index (κ2) is 8.49. The monoisotopic (exact) mass is 390 g/mol. The molecule has 2 aromatic carbocycles. The molecule has 2 N–H and O–H groups in total. The summed E-state index contributed by atoms with van der Waals surface area (Å²) < 4.78 is 5.73. The highest BCUT2D eigenvalue weighted by Gasteiger charge is 2.13. The second-order valence-electron chi connectivity index (χ2n) is 5.22. The number of nitrogens with one attached hydrogen (secondary N) is 2. The number of amides is 1. The van der Waals surface area contributed by atoms with E-state index in [1.54, 1.807) is 24.3 Å². The lowest BCUT2D eigenvalue weighted by molar-refractivity contribution is -0.115. The van der Waals surface area contributed by atoms with E-state index >= 15 is 0 Å². The molecule has 0 unspecified atom stereocenters. The van der Waals surface area contributed by atoms with Crippen LogP contribution in [-0.2, 0) is 9.53 Å². The maximum Gasteiger partial charge on any atom is 0.339 e. The summed E-state index contributed by atoms with van der Waals surface area (Å²) in [6.07, 6.45) is 0.283. The van der Waals surface area contributed by atoms with Gasteiger partial charge in [-0.1, -0.05) is 28.1 Å². The second-order valence-corrected chi connectivity index (χ2v) is 6.14. The van der Waals surface area contributed by atoms with Gasteiger partial charge >= 0.3 is 5.97 Å². The fourth-order valence-electron chi connectivity index (χ4n) is 2.23. The minimum atomic E-state index is -0.477. The van der Waals surface area contributed by atoms with Gasteiger partial charge in [-0.2, -0.15) is 0 Å². The number of rotatable bonds is 6. The van der Waals surface area contributed by atoms with Crippen molar-refractivity contribution in [3.63, 3.8) is 0 Å². The van der Waals surface area contributed by atoms with Crippen molar-refractivity contribution in [2.24, 2.45) is 0 Å². The van der Waals surface area contributed by atoms with Crippen LogP contribution in [0.15, 0.2) is 46.9 Å². The van der Waals surface area contributed by atoms with Gasteiger partial charge in [0.15, 0.2) is 0 Å². The molecule has 24 heavy (non-hydrogen) atoms. The Kier molecular flexibility index (Phi) is 6.37. The van der Waals surface area contributed by atoms with Gasteiger partial charge in [-0.25, -0.2) is 4.79 Å². The minimum Gasteiger partial charge on any atom is -0.465 e. The minimum absolute atomic E-state index is 0.173. The van der Waals surface area contributed by atoms with E-state index in [2.05, 4.69) is 26.6 Å². The maximum atomic E-state index is 12.1. The Morgan fingerprint density at radius 3 is 2.58 bits per heavy atom. The molecule has 0 bridgehead atoms. The van der Waals surface area contributed by atoms with Crippen LogP contribution in [0.2, 0.25) is 0 Å². The number of anilines is 2. The van der Waals surface area contributed by atoms with Crippen molar-refractivity contribution in [1.82, 2.24) is 0 Å². The molecule has 0 heterocycles. The Balaban J connectivity index is 1.91. The average molecular weight is 391 g/mol. The molecule has 0 saturated heterocycles. The van der Waals surface area contributed by atoms with Crippen LogP contribution in [-0.4, -0.2) is 25.5 Å². The van der Waals surface area contributed by atoms with Crippen LogP contribution in [0.3, 0.4) is 0 Å². The first-order chi connectivity index (χ1) is 11.5. The number of para-hydroxylation sites is 1. The van der Waals surface area contributed by atoms with Crippen molar-refractivity contribution in [1.29, 1.82) is 0 Å². The Hall–Kier alpha value is -2.34. The summed E-state index contributed by atoms with van der Waals surface area (Å²) in [7, 11) is 1.31. The van der Waals surface area contributed by atoms with E-state index in [1.807, 2.05) is 25.1 Å². The van der Waals surface area contributed by atoms with Gasteiger partial charge in [-0.15, -0.1) is 0 Å². The summed E-state index contributed by atoms with van der Waals surface area (Å²) in [6.45, 7) is 2.49. The van der Waals surface area contributed by atoms with Crippen molar-refractivity contribution >= 4 is 39.2 Å². The molecule has 0 aliphatic heterocycles. The van der Waals surface area contributed by atoms with Crippen LogP contribution in [0.4, 0.5) is 11.4 Å². The standard InChI is InChI=1S/C18H19BrN2O3/c1-12-11-13(19)7-8-15(12)20-10-9-17(22)21-16-6-4-3-5-14(16)18(23)24-2/h3-8,11,20H,9-10H2,1-2H3,(H,21,22). The topological polar surface area (TPSA) is 67.4 Å². The van der Waals surface area contributed by atoms with Crippen LogP contribution < -0.4 is 10.6 Å². The SMILES string of the molecule is COC(=O)c1ccccc1NC(=O)CCNc1ccc(Br)cc1C. The quantitative estimate of drug-likeness (QED) is 0.731. The van der Waals surface area contributed by atoms with E-state index in [4.69, 9.17) is 4.74 Å². The van der Waals surface area contributed by atoms with E-state index < -0.39 is 5.97 Å². The van der Waals surface area contributed by atoms with E-state index in [-0.39, 0.29) is 12.3 Å². The molecule has 5 nitrogen and oxygen atoms in total. The smallest absolute Gasteiger partial charge is 0.339 e. The zero-order valence-corrected chi connectivity index (χ0v) is 15.1. The number of hydrogen-bond donors (Lipinski definition) is 2. The third-order valence-corrected chi connectivity index (χ3v) is 3.96. The summed E-state index contributed by atoms with van der Waals surface area (Å²) >= 11 is 3.42. The molecule has 0 saturated carbocycles. The lowest BCUT2D eigenvalue weighted by Gasteiger charge is -2.11. The van der Waals surface area contributed by atoms with E-state index in [0.717, 1.165) is 15.7 Å². The summed E-state index contributed by atoms with van der Waals surface area (Å²) in [5.41, 5.74) is 2.88. The molecule has 2 aromatic rings. The van der Waals surface area contributed by atoms with Crippen LogP contribution >= 0.6 is 15.9 Å². The highest BCUT2D eigenvalue weighted by molar-refractivity contribution is 9.10. The lowest BCUT2D eigenvalue weighted by atomic mass is 10.1. The molecule has 1 amide bonds. The highest BCUT2D eigenvalue weighted by Crippen LogP contribution is 2.20. The number of ether oxygens (including phenoxy) is 1. The summed E-state index contributed by atoms with van der Waals surface area (Å²) in [5.74, 6) is -0.650. The zero-order chi connectivity index (χ0) is 17.5. The molecule has 0 fully saturated rings. The van der Waals surface area contributed by atoms with Gasteiger partial charge in [0.2, 0.25) is 5.91 Å². The number of hydrogen-bond acceptors (Lipinski definition) is 4. The summed E-state index contributed by atoms with van der Waals surface area (Å²) in [6, 6.07) is 12.7. The summed E-state index contributed by atoms with van der Waals surface area (Å²) in [4.78, 5) is 23.8. The number of carbonyl (C=O) groups excluding carboxylic acids is 2. The van der Waals surface area contributed by atoms with Crippen LogP contribution in [0.5, 0.6) is 0 Å².